The van der Waals surface area contributed by atoms with Gasteiger partial charge in [-0.1, -0.05) is 6.92 Å². The van der Waals surface area contributed by atoms with Crippen molar-refractivity contribution >= 4 is 0 Å². The van der Waals surface area contributed by atoms with Crippen molar-refractivity contribution in [2.75, 3.05) is 7.11 Å². The van der Waals surface area contributed by atoms with Crippen LogP contribution in [0.25, 0.3) is 0 Å². The fraction of sp³-hybridized carbons (Fsp3) is 0.750. The number of hydrogen-bond donors (Lipinski definition) is 1. The van der Waals surface area contributed by atoms with Gasteiger partial charge < -0.3 is 10.5 Å². The highest BCUT2D eigenvalue weighted by molar-refractivity contribution is 5.10. The van der Waals surface area contributed by atoms with Gasteiger partial charge in [0.05, 0.1) is 11.8 Å². The number of rotatable bonds is 6. The molecule has 0 amide bonds. The molecule has 0 aromatic carbocycles. The highest BCUT2D eigenvalue weighted by atomic mass is 16.5. The minimum atomic E-state index is -0.188. The van der Waals surface area contributed by atoms with Crippen molar-refractivity contribution in [1.82, 2.24) is 9.78 Å². The number of ether oxygens (including phenoxy) is 1. The summed E-state index contributed by atoms with van der Waals surface area (Å²) in [7, 11) is 1.72. The highest BCUT2D eigenvalue weighted by Crippen LogP contribution is 2.23. The molecule has 0 saturated heterocycles. The quantitative estimate of drug-likeness (QED) is 0.806. The molecule has 92 valence electrons. The first kappa shape index (κ1) is 13.2. The van der Waals surface area contributed by atoms with Crippen LogP contribution in [0, 0.1) is 0 Å². The normalized spacial score (nSPS) is 14.1. The van der Waals surface area contributed by atoms with Gasteiger partial charge in [-0.15, -0.1) is 0 Å². The van der Waals surface area contributed by atoms with Crippen LogP contribution >= 0.6 is 0 Å². The number of methoxy groups -OCH3 is 1. The Morgan fingerprint density at radius 3 is 2.81 bits per heavy atom. The lowest BCUT2D eigenvalue weighted by atomic mass is 9.96. The van der Waals surface area contributed by atoms with Crippen molar-refractivity contribution in [2.24, 2.45) is 5.73 Å². The first-order valence-corrected chi connectivity index (χ1v) is 5.81. The van der Waals surface area contributed by atoms with Gasteiger partial charge in [0.2, 0.25) is 0 Å². The summed E-state index contributed by atoms with van der Waals surface area (Å²) in [5, 5.41) is 4.28. The van der Waals surface area contributed by atoms with Crippen molar-refractivity contribution < 1.29 is 4.74 Å². The minimum absolute atomic E-state index is 0.0134. The molecule has 0 radical (unpaired) electrons. The van der Waals surface area contributed by atoms with E-state index in [9.17, 15) is 0 Å². The Kier molecular flexibility index (Phi) is 4.50. The van der Waals surface area contributed by atoms with E-state index in [1.54, 1.807) is 7.11 Å². The van der Waals surface area contributed by atoms with Gasteiger partial charge in [-0.05, 0) is 26.7 Å². The monoisotopic (exact) mass is 225 g/mol. The Balaban J connectivity index is 2.62. The van der Waals surface area contributed by atoms with Crippen LogP contribution in [0.2, 0.25) is 0 Å². The molecular formula is C12H23N3O. The van der Waals surface area contributed by atoms with E-state index in [1.807, 2.05) is 30.9 Å². The van der Waals surface area contributed by atoms with Crippen molar-refractivity contribution in [3.05, 3.63) is 18.0 Å². The molecule has 0 spiro atoms. The fourth-order valence-electron chi connectivity index (χ4n) is 1.65. The Labute approximate surface area is 97.8 Å². The van der Waals surface area contributed by atoms with Crippen LogP contribution in [-0.4, -0.2) is 22.5 Å². The molecule has 0 aliphatic heterocycles. The summed E-state index contributed by atoms with van der Waals surface area (Å²) < 4.78 is 7.32. The van der Waals surface area contributed by atoms with Gasteiger partial charge in [0, 0.05) is 31.5 Å². The van der Waals surface area contributed by atoms with Gasteiger partial charge >= 0.3 is 0 Å². The zero-order valence-corrected chi connectivity index (χ0v) is 10.7. The Morgan fingerprint density at radius 1 is 1.56 bits per heavy atom. The predicted octanol–water partition coefficient (Wildman–Crippen LogP) is 2.11. The molecule has 1 atom stereocenters. The Bertz CT molecular complexity index is 320. The molecule has 1 aromatic rings. The summed E-state index contributed by atoms with van der Waals surface area (Å²) in [5.74, 6) is 0. The number of aryl methyl sites for hydroxylation is 1. The van der Waals surface area contributed by atoms with E-state index >= 15 is 0 Å². The maximum Gasteiger partial charge on any atom is 0.0640 e. The first-order valence-electron chi connectivity index (χ1n) is 5.81. The third-order valence-corrected chi connectivity index (χ3v) is 2.80. The van der Waals surface area contributed by atoms with Gasteiger partial charge in [-0.2, -0.15) is 5.10 Å². The molecule has 1 unspecified atom stereocenters. The van der Waals surface area contributed by atoms with Crippen LogP contribution < -0.4 is 5.73 Å². The third kappa shape index (κ3) is 3.61. The zero-order chi connectivity index (χ0) is 12.2. The van der Waals surface area contributed by atoms with Crippen molar-refractivity contribution in [3.8, 4) is 0 Å². The molecule has 2 N–H and O–H groups in total. The van der Waals surface area contributed by atoms with Gasteiger partial charge in [0.1, 0.15) is 0 Å². The lowest BCUT2D eigenvalue weighted by Crippen LogP contribution is -2.28. The molecule has 0 aliphatic rings. The predicted molar refractivity (Wildman–Crippen MR) is 65.2 cm³/mol. The minimum Gasteiger partial charge on any atom is -0.379 e. The van der Waals surface area contributed by atoms with E-state index in [1.165, 1.54) is 0 Å². The molecule has 4 heteroatoms. The summed E-state index contributed by atoms with van der Waals surface area (Å²) in [5.41, 5.74) is 7.03. The largest absolute Gasteiger partial charge is 0.379 e. The second kappa shape index (κ2) is 5.46. The van der Waals surface area contributed by atoms with Crippen LogP contribution in [-0.2, 0) is 11.3 Å². The van der Waals surface area contributed by atoms with Crippen LogP contribution in [0.5, 0.6) is 0 Å². The van der Waals surface area contributed by atoms with Crippen molar-refractivity contribution in [1.29, 1.82) is 0 Å². The van der Waals surface area contributed by atoms with Crippen LogP contribution in [0.15, 0.2) is 12.4 Å². The molecule has 0 fully saturated rings. The van der Waals surface area contributed by atoms with Crippen molar-refractivity contribution in [3.63, 3.8) is 0 Å². The van der Waals surface area contributed by atoms with Gasteiger partial charge in [-0.25, -0.2) is 0 Å². The average molecular weight is 225 g/mol. The maximum absolute atomic E-state index is 6.13. The van der Waals surface area contributed by atoms with Gasteiger partial charge in [0.25, 0.3) is 0 Å². The standard InChI is InChI=1S/C12H23N3O/c1-5-6-15-9-10(8-14-15)11(13)7-12(2,3)16-4/h8-9,11H,5-7,13H2,1-4H3. The molecule has 4 nitrogen and oxygen atoms in total. The van der Waals surface area contributed by atoms with E-state index in [0.29, 0.717) is 0 Å². The number of nitrogens with two attached hydrogens (primary N) is 1. The Morgan fingerprint density at radius 2 is 2.25 bits per heavy atom. The molecule has 1 rings (SSSR count). The summed E-state index contributed by atoms with van der Waals surface area (Å²) in [6, 6.07) is -0.0134. The molecule has 0 saturated carbocycles. The average Bonchev–Trinajstić information content (AvgIpc) is 2.66. The van der Waals surface area contributed by atoms with Crippen LogP contribution in [0.3, 0.4) is 0 Å². The summed E-state index contributed by atoms with van der Waals surface area (Å²) >= 11 is 0. The van der Waals surface area contributed by atoms with Crippen LogP contribution in [0.1, 0.15) is 45.2 Å². The summed E-state index contributed by atoms with van der Waals surface area (Å²) in [6.07, 6.45) is 5.76. The third-order valence-electron chi connectivity index (χ3n) is 2.80. The number of aromatic nitrogens is 2. The smallest absolute Gasteiger partial charge is 0.0640 e. The van der Waals surface area contributed by atoms with Crippen molar-refractivity contribution in [2.45, 2.75) is 51.8 Å². The molecular weight excluding hydrogens is 202 g/mol. The fourth-order valence-corrected chi connectivity index (χ4v) is 1.65. The second-order valence-corrected chi connectivity index (χ2v) is 4.81. The van der Waals surface area contributed by atoms with Crippen LogP contribution in [0.4, 0.5) is 0 Å². The van der Waals surface area contributed by atoms with E-state index in [0.717, 1.165) is 24.9 Å². The highest BCUT2D eigenvalue weighted by Gasteiger charge is 2.22. The van der Waals surface area contributed by atoms with E-state index in [2.05, 4.69) is 12.0 Å². The maximum atomic E-state index is 6.13. The number of nitrogens with zero attached hydrogens (tertiary/aromatic N) is 2. The topological polar surface area (TPSA) is 53.1 Å². The molecule has 1 heterocycles. The summed E-state index contributed by atoms with van der Waals surface area (Å²) in [4.78, 5) is 0. The Hall–Kier alpha value is -0.870. The molecule has 0 bridgehead atoms. The second-order valence-electron chi connectivity index (χ2n) is 4.81. The molecule has 0 aliphatic carbocycles. The van der Waals surface area contributed by atoms with Gasteiger partial charge in [-0.3, -0.25) is 4.68 Å². The first-order chi connectivity index (χ1) is 7.48. The molecule has 16 heavy (non-hydrogen) atoms. The van der Waals surface area contributed by atoms with E-state index < -0.39 is 0 Å². The molecule has 1 aromatic heterocycles. The SMILES string of the molecule is CCCn1cc(C(N)CC(C)(C)OC)cn1. The lowest BCUT2D eigenvalue weighted by Gasteiger charge is -2.25. The zero-order valence-electron chi connectivity index (χ0n) is 10.7. The van der Waals surface area contributed by atoms with E-state index in [4.69, 9.17) is 10.5 Å². The van der Waals surface area contributed by atoms with Gasteiger partial charge in [0.15, 0.2) is 0 Å². The lowest BCUT2D eigenvalue weighted by molar-refractivity contribution is 0.00995. The number of hydrogen-bond acceptors (Lipinski definition) is 3. The van der Waals surface area contributed by atoms with E-state index in [-0.39, 0.29) is 11.6 Å². The summed E-state index contributed by atoms with van der Waals surface area (Å²) in [6.45, 7) is 7.17.